The first kappa shape index (κ1) is 13.0. The Labute approximate surface area is 120 Å². The van der Waals surface area contributed by atoms with E-state index in [-0.39, 0.29) is 0 Å². The normalized spacial score (nSPS) is 16.2. The molecule has 20 heavy (non-hydrogen) atoms. The molecule has 4 N–H and O–H groups in total. The third kappa shape index (κ3) is 2.36. The number of pyridine rings is 1. The van der Waals surface area contributed by atoms with E-state index in [4.69, 9.17) is 11.5 Å². The molecular weight excluding hydrogens is 246 g/mol. The summed E-state index contributed by atoms with van der Waals surface area (Å²) in [4.78, 5) is 4.47. The fourth-order valence-electron chi connectivity index (χ4n) is 3.28. The van der Waals surface area contributed by atoms with Gasteiger partial charge in [0.05, 0.1) is 5.69 Å². The van der Waals surface area contributed by atoms with E-state index in [0.717, 1.165) is 22.6 Å². The molecule has 2 aromatic rings. The van der Waals surface area contributed by atoms with E-state index in [2.05, 4.69) is 4.98 Å². The van der Waals surface area contributed by atoms with E-state index in [1.54, 1.807) is 0 Å². The zero-order valence-corrected chi connectivity index (χ0v) is 11.7. The van der Waals surface area contributed by atoms with E-state index >= 15 is 0 Å². The summed E-state index contributed by atoms with van der Waals surface area (Å²) in [6.45, 7) is 0. The molecule has 0 spiro atoms. The molecule has 3 rings (SSSR count). The summed E-state index contributed by atoms with van der Waals surface area (Å²) in [5.41, 5.74) is 17.3. The Morgan fingerprint density at radius 3 is 2.35 bits per heavy atom. The average Bonchev–Trinajstić information content (AvgIpc) is 2.51. The molecule has 3 heteroatoms. The molecular formula is C17H21N3. The predicted octanol–water partition coefficient (Wildman–Crippen LogP) is 3.96. The summed E-state index contributed by atoms with van der Waals surface area (Å²) >= 11 is 0. The van der Waals surface area contributed by atoms with Crippen LogP contribution in [-0.2, 0) is 0 Å². The maximum atomic E-state index is 6.28. The van der Waals surface area contributed by atoms with Crippen LogP contribution in [0.15, 0.2) is 36.5 Å². The molecule has 0 radical (unpaired) electrons. The fraction of sp³-hybridized carbons (Fsp3) is 0.353. The molecule has 1 aromatic carbocycles. The zero-order valence-electron chi connectivity index (χ0n) is 11.7. The molecule has 1 heterocycles. The van der Waals surface area contributed by atoms with Crippen LogP contribution in [0.2, 0.25) is 0 Å². The molecule has 1 aromatic heterocycles. The molecule has 1 fully saturated rings. The van der Waals surface area contributed by atoms with Gasteiger partial charge < -0.3 is 11.5 Å². The van der Waals surface area contributed by atoms with Crippen molar-refractivity contribution in [1.82, 2.24) is 4.98 Å². The van der Waals surface area contributed by atoms with E-state index < -0.39 is 0 Å². The highest BCUT2D eigenvalue weighted by molar-refractivity contribution is 5.82. The Bertz CT molecular complexity index is 587. The quantitative estimate of drug-likeness (QED) is 0.809. The molecule has 1 aliphatic rings. The fourth-order valence-corrected chi connectivity index (χ4v) is 3.28. The standard InChI is InChI=1S/C17H21N3/c18-13-9-10-14(19)17(15-8-4-5-11-20-15)16(13)12-6-2-1-3-7-12/h4-5,8-12H,1-3,6-7,18-19H2. The molecule has 0 aliphatic heterocycles. The van der Waals surface area contributed by atoms with Gasteiger partial charge in [0, 0.05) is 23.1 Å². The predicted molar refractivity (Wildman–Crippen MR) is 84.3 cm³/mol. The number of hydrogen-bond donors (Lipinski definition) is 2. The van der Waals surface area contributed by atoms with E-state index in [1.807, 2.05) is 36.5 Å². The summed E-state index contributed by atoms with van der Waals surface area (Å²) in [6.07, 6.45) is 8.10. The van der Waals surface area contributed by atoms with Gasteiger partial charge >= 0.3 is 0 Å². The second-order valence-corrected chi connectivity index (χ2v) is 5.58. The highest BCUT2D eigenvalue weighted by Crippen LogP contribution is 2.43. The second-order valence-electron chi connectivity index (χ2n) is 5.58. The lowest BCUT2D eigenvalue weighted by Crippen LogP contribution is -2.10. The van der Waals surface area contributed by atoms with Gasteiger partial charge in [0.2, 0.25) is 0 Å². The average molecular weight is 267 g/mol. The molecule has 1 saturated carbocycles. The van der Waals surface area contributed by atoms with Gasteiger partial charge in [0.25, 0.3) is 0 Å². The van der Waals surface area contributed by atoms with Crippen LogP contribution in [0, 0.1) is 0 Å². The van der Waals surface area contributed by atoms with Crippen LogP contribution in [0.1, 0.15) is 43.6 Å². The van der Waals surface area contributed by atoms with Gasteiger partial charge in [-0.3, -0.25) is 4.98 Å². The molecule has 1 aliphatic carbocycles. The first-order valence-corrected chi connectivity index (χ1v) is 7.36. The maximum Gasteiger partial charge on any atom is 0.0726 e. The SMILES string of the molecule is Nc1ccc(N)c(C2CCCCC2)c1-c1ccccn1. The number of aromatic nitrogens is 1. The number of anilines is 2. The zero-order chi connectivity index (χ0) is 13.9. The summed E-state index contributed by atoms with van der Waals surface area (Å²) in [7, 11) is 0. The van der Waals surface area contributed by atoms with Crippen LogP contribution >= 0.6 is 0 Å². The topological polar surface area (TPSA) is 64.9 Å². The molecule has 0 bridgehead atoms. The summed E-state index contributed by atoms with van der Waals surface area (Å²) < 4.78 is 0. The molecule has 0 saturated heterocycles. The van der Waals surface area contributed by atoms with Crippen LogP contribution < -0.4 is 11.5 Å². The van der Waals surface area contributed by atoms with Gasteiger partial charge in [-0.05, 0) is 48.6 Å². The summed E-state index contributed by atoms with van der Waals surface area (Å²) in [5, 5.41) is 0. The van der Waals surface area contributed by atoms with E-state index in [9.17, 15) is 0 Å². The Kier molecular flexibility index (Phi) is 3.59. The minimum Gasteiger partial charge on any atom is -0.398 e. The highest BCUT2D eigenvalue weighted by Gasteiger charge is 2.23. The number of nitrogen functional groups attached to an aromatic ring is 2. The number of hydrogen-bond acceptors (Lipinski definition) is 3. The number of benzene rings is 1. The van der Waals surface area contributed by atoms with Crippen molar-refractivity contribution < 1.29 is 0 Å². The minimum absolute atomic E-state index is 0.518. The Balaban J connectivity index is 2.14. The largest absolute Gasteiger partial charge is 0.398 e. The second kappa shape index (κ2) is 5.53. The maximum absolute atomic E-state index is 6.28. The van der Waals surface area contributed by atoms with Gasteiger partial charge in [0.15, 0.2) is 0 Å². The van der Waals surface area contributed by atoms with Crippen LogP contribution in [0.3, 0.4) is 0 Å². The molecule has 0 amide bonds. The molecule has 104 valence electrons. The first-order chi connectivity index (χ1) is 9.77. The van der Waals surface area contributed by atoms with Crippen molar-refractivity contribution >= 4 is 11.4 Å². The van der Waals surface area contributed by atoms with Crippen molar-refractivity contribution in [3.63, 3.8) is 0 Å². The number of rotatable bonds is 2. The third-order valence-electron chi connectivity index (χ3n) is 4.25. The lowest BCUT2D eigenvalue weighted by atomic mass is 9.80. The van der Waals surface area contributed by atoms with Crippen molar-refractivity contribution in [3.8, 4) is 11.3 Å². The van der Waals surface area contributed by atoms with E-state index in [0.29, 0.717) is 5.92 Å². The van der Waals surface area contributed by atoms with Gasteiger partial charge in [-0.25, -0.2) is 0 Å². The van der Waals surface area contributed by atoms with Crippen LogP contribution in [-0.4, -0.2) is 4.98 Å². The first-order valence-electron chi connectivity index (χ1n) is 7.36. The van der Waals surface area contributed by atoms with Crippen molar-refractivity contribution in [2.24, 2.45) is 0 Å². The molecule has 0 atom stereocenters. The minimum atomic E-state index is 0.518. The van der Waals surface area contributed by atoms with Gasteiger partial charge in [-0.15, -0.1) is 0 Å². The lowest BCUT2D eigenvalue weighted by Gasteiger charge is -2.26. The van der Waals surface area contributed by atoms with Crippen LogP contribution in [0.5, 0.6) is 0 Å². The van der Waals surface area contributed by atoms with Crippen LogP contribution in [0.4, 0.5) is 11.4 Å². The van der Waals surface area contributed by atoms with Crippen molar-refractivity contribution in [1.29, 1.82) is 0 Å². The third-order valence-corrected chi connectivity index (χ3v) is 4.25. The molecule has 0 unspecified atom stereocenters. The summed E-state index contributed by atoms with van der Waals surface area (Å²) in [6, 6.07) is 9.76. The van der Waals surface area contributed by atoms with Crippen molar-refractivity contribution in [3.05, 3.63) is 42.1 Å². The van der Waals surface area contributed by atoms with Gasteiger partial charge in [-0.1, -0.05) is 25.3 Å². The van der Waals surface area contributed by atoms with Gasteiger partial charge in [0.1, 0.15) is 0 Å². The van der Waals surface area contributed by atoms with E-state index in [1.165, 1.54) is 37.7 Å². The van der Waals surface area contributed by atoms with Gasteiger partial charge in [-0.2, -0.15) is 0 Å². The van der Waals surface area contributed by atoms with Crippen molar-refractivity contribution in [2.75, 3.05) is 11.5 Å². The van der Waals surface area contributed by atoms with Crippen LogP contribution in [0.25, 0.3) is 11.3 Å². The monoisotopic (exact) mass is 267 g/mol. The Morgan fingerprint density at radius 2 is 1.65 bits per heavy atom. The smallest absolute Gasteiger partial charge is 0.0726 e. The van der Waals surface area contributed by atoms with Crippen molar-refractivity contribution in [2.45, 2.75) is 38.0 Å². The number of nitrogens with zero attached hydrogens (tertiary/aromatic N) is 1. The molecule has 3 nitrogen and oxygen atoms in total. The summed E-state index contributed by atoms with van der Waals surface area (Å²) in [5.74, 6) is 0.518. The number of nitrogens with two attached hydrogens (primary N) is 2. The Hall–Kier alpha value is -2.03. The Morgan fingerprint density at radius 1 is 0.900 bits per heavy atom. The highest BCUT2D eigenvalue weighted by atomic mass is 14.7. The lowest BCUT2D eigenvalue weighted by molar-refractivity contribution is 0.445.